The Kier molecular flexibility index (Phi) is 12.7. The van der Waals surface area contributed by atoms with Crippen LogP contribution in [0.3, 0.4) is 0 Å². The van der Waals surface area contributed by atoms with Gasteiger partial charge in [-0.1, -0.05) is 73.4 Å². The summed E-state index contributed by atoms with van der Waals surface area (Å²) in [5, 5.41) is 6.23. The zero-order valence-corrected chi connectivity index (χ0v) is 26.3. The van der Waals surface area contributed by atoms with E-state index < -0.39 is 72.7 Å². The molecule has 3 unspecified atom stereocenters. The van der Waals surface area contributed by atoms with E-state index in [1.165, 1.54) is 62.6 Å². The van der Waals surface area contributed by atoms with Crippen LogP contribution < -0.4 is 20.7 Å². The van der Waals surface area contributed by atoms with E-state index in [1.54, 1.807) is 24.3 Å². The number of benzene rings is 2. The molecule has 0 radical (unpaired) electrons. The molecule has 3 rings (SSSR count). The highest BCUT2D eigenvalue weighted by atomic mass is 35.5. The lowest BCUT2D eigenvalue weighted by Crippen LogP contribution is -2.58. The Labute approximate surface area is 276 Å². The van der Waals surface area contributed by atoms with Crippen LogP contribution in [0.25, 0.3) is 0 Å². The van der Waals surface area contributed by atoms with Crippen LogP contribution >= 0.6 is 23.2 Å². The standard InChI is InChI=1S/C31H29Cl2F5N4O5/c1-17(2)25(27(44)31(37,38)29(46)40-16-30(34,35)36)42-28(45)26(18-7-4-3-5-8-18)41-24(43)13-23(19-11-21(33)15-39-14-19)47-22-10-6-9-20(32)12-22/h3-12,14-15,17,23,25-26H,13,16H2,1-2H3,(H,40,46)(H,41,43)(H,42,45). The maximum absolute atomic E-state index is 14.7. The number of hydrogen-bond donors (Lipinski definition) is 3. The molecular weight excluding hydrogens is 674 g/mol. The van der Waals surface area contributed by atoms with Crippen molar-refractivity contribution >= 4 is 46.7 Å². The summed E-state index contributed by atoms with van der Waals surface area (Å²) >= 11 is 12.2. The normalized spacial score (nSPS) is 13.7. The van der Waals surface area contributed by atoms with E-state index >= 15 is 0 Å². The van der Waals surface area contributed by atoms with Crippen molar-refractivity contribution in [2.45, 2.75) is 50.6 Å². The summed E-state index contributed by atoms with van der Waals surface area (Å²) in [5.41, 5.74) is 0.588. The highest BCUT2D eigenvalue weighted by molar-refractivity contribution is 6.30. The molecule has 2 aromatic carbocycles. The maximum Gasteiger partial charge on any atom is 0.405 e. The molecule has 0 aliphatic carbocycles. The summed E-state index contributed by atoms with van der Waals surface area (Å²) < 4.78 is 72.9. The average Bonchev–Trinajstić information content (AvgIpc) is 3.00. The first-order valence-corrected chi connectivity index (χ1v) is 14.7. The number of nitrogens with zero attached hydrogens (tertiary/aromatic N) is 1. The Balaban J connectivity index is 1.86. The Bertz CT molecular complexity index is 1580. The summed E-state index contributed by atoms with van der Waals surface area (Å²) in [5.74, 6) is -12.2. The van der Waals surface area contributed by atoms with Gasteiger partial charge < -0.3 is 20.7 Å². The van der Waals surface area contributed by atoms with E-state index in [9.17, 15) is 41.1 Å². The maximum atomic E-state index is 14.7. The lowest BCUT2D eigenvalue weighted by Gasteiger charge is -2.28. The second kappa shape index (κ2) is 16.0. The number of aromatic nitrogens is 1. The van der Waals surface area contributed by atoms with Crippen molar-refractivity contribution in [3.05, 3.63) is 94.2 Å². The second-order valence-corrected chi connectivity index (χ2v) is 11.5. The summed E-state index contributed by atoms with van der Waals surface area (Å²) in [6.45, 7) is 0.460. The van der Waals surface area contributed by atoms with Crippen LogP contribution in [0.5, 0.6) is 5.75 Å². The van der Waals surface area contributed by atoms with Crippen LogP contribution in [0, 0.1) is 5.92 Å². The Morgan fingerprint density at radius 2 is 1.53 bits per heavy atom. The number of ketones is 1. The number of pyridine rings is 1. The van der Waals surface area contributed by atoms with Gasteiger partial charge in [-0.2, -0.15) is 22.0 Å². The fourth-order valence-electron chi connectivity index (χ4n) is 4.24. The largest absolute Gasteiger partial charge is 0.485 e. The summed E-state index contributed by atoms with van der Waals surface area (Å²) in [7, 11) is 0. The first-order valence-electron chi connectivity index (χ1n) is 13.9. The number of rotatable bonds is 14. The number of hydrogen-bond acceptors (Lipinski definition) is 6. The first-order chi connectivity index (χ1) is 22.0. The molecule has 0 aliphatic rings. The lowest BCUT2D eigenvalue weighted by atomic mass is 9.94. The molecule has 0 spiro atoms. The number of carbonyl (C=O) groups is 4. The van der Waals surface area contributed by atoms with Crippen molar-refractivity contribution in [3.63, 3.8) is 0 Å². The summed E-state index contributed by atoms with van der Waals surface area (Å²) in [6, 6.07) is 11.9. The predicted octanol–water partition coefficient (Wildman–Crippen LogP) is 5.78. The molecule has 3 N–H and O–H groups in total. The van der Waals surface area contributed by atoms with Gasteiger partial charge >= 0.3 is 12.1 Å². The van der Waals surface area contributed by atoms with Crippen LogP contribution in [0.4, 0.5) is 22.0 Å². The highest BCUT2D eigenvalue weighted by Crippen LogP contribution is 2.29. The molecule has 9 nitrogen and oxygen atoms in total. The highest BCUT2D eigenvalue weighted by Gasteiger charge is 2.52. The molecule has 0 aliphatic heterocycles. The molecule has 0 fully saturated rings. The van der Waals surface area contributed by atoms with Crippen molar-refractivity contribution in [3.8, 4) is 5.75 Å². The first kappa shape index (κ1) is 37.2. The van der Waals surface area contributed by atoms with Gasteiger partial charge in [0.25, 0.3) is 5.91 Å². The number of carbonyl (C=O) groups excluding carboxylic acids is 4. The predicted molar refractivity (Wildman–Crippen MR) is 162 cm³/mol. The molecule has 3 atom stereocenters. The third-order valence-electron chi connectivity index (χ3n) is 6.53. The molecule has 3 amide bonds. The molecule has 0 saturated carbocycles. The van der Waals surface area contributed by atoms with E-state index in [1.807, 2.05) is 0 Å². The molecular formula is C31H29Cl2F5N4O5. The third kappa shape index (κ3) is 10.9. The van der Waals surface area contributed by atoms with Gasteiger partial charge in [0.15, 0.2) is 0 Å². The van der Waals surface area contributed by atoms with Crippen LogP contribution in [-0.2, 0) is 19.2 Å². The monoisotopic (exact) mass is 702 g/mol. The van der Waals surface area contributed by atoms with E-state index in [0.717, 1.165) is 5.32 Å². The van der Waals surface area contributed by atoms with E-state index in [0.29, 0.717) is 16.3 Å². The van der Waals surface area contributed by atoms with Gasteiger partial charge in [0.1, 0.15) is 24.4 Å². The number of alkyl halides is 5. The topological polar surface area (TPSA) is 126 Å². The van der Waals surface area contributed by atoms with Gasteiger partial charge in [0, 0.05) is 23.0 Å². The van der Waals surface area contributed by atoms with Gasteiger partial charge in [-0.3, -0.25) is 24.2 Å². The van der Waals surface area contributed by atoms with E-state index in [2.05, 4.69) is 15.6 Å². The van der Waals surface area contributed by atoms with Gasteiger partial charge in [-0.25, -0.2) is 0 Å². The molecule has 16 heteroatoms. The van der Waals surface area contributed by atoms with Crippen LogP contribution in [0.2, 0.25) is 10.0 Å². The van der Waals surface area contributed by atoms with Crippen LogP contribution in [0.1, 0.15) is 43.5 Å². The van der Waals surface area contributed by atoms with Crippen LogP contribution in [0.15, 0.2) is 73.1 Å². The zero-order valence-electron chi connectivity index (χ0n) is 24.8. The molecule has 47 heavy (non-hydrogen) atoms. The van der Waals surface area contributed by atoms with Gasteiger partial charge in [0.05, 0.1) is 17.5 Å². The smallest absolute Gasteiger partial charge is 0.405 e. The number of ether oxygens (including phenoxy) is 1. The molecule has 0 saturated heterocycles. The minimum atomic E-state index is -5.01. The molecule has 1 heterocycles. The Hall–Kier alpha value is -4.30. The fourth-order valence-corrected chi connectivity index (χ4v) is 4.60. The van der Waals surface area contributed by atoms with Crippen molar-refractivity contribution < 1.29 is 45.9 Å². The second-order valence-electron chi connectivity index (χ2n) is 10.6. The average molecular weight is 703 g/mol. The quantitative estimate of drug-likeness (QED) is 0.145. The van der Waals surface area contributed by atoms with Crippen molar-refractivity contribution in [2.24, 2.45) is 5.92 Å². The Morgan fingerprint density at radius 1 is 0.851 bits per heavy atom. The zero-order chi connectivity index (χ0) is 34.9. The molecule has 252 valence electrons. The molecule has 3 aromatic rings. The van der Waals surface area contributed by atoms with Gasteiger partial charge in [-0.15, -0.1) is 0 Å². The number of amides is 3. The number of halogens is 7. The minimum absolute atomic E-state index is 0.194. The number of Topliss-reactive ketones (excluding diaryl/α,β-unsaturated/α-hetero) is 1. The number of nitrogens with one attached hydrogen (secondary N) is 3. The molecule has 0 bridgehead atoms. The Morgan fingerprint density at radius 3 is 2.13 bits per heavy atom. The summed E-state index contributed by atoms with van der Waals surface area (Å²) in [6.07, 6.45) is -3.64. The van der Waals surface area contributed by atoms with Crippen molar-refractivity contribution in [1.29, 1.82) is 0 Å². The van der Waals surface area contributed by atoms with Crippen LogP contribution in [-0.4, -0.2) is 53.2 Å². The fraction of sp³-hybridized carbons (Fsp3) is 0.323. The third-order valence-corrected chi connectivity index (χ3v) is 6.98. The van der Waals surface area contributed by atoms with E-state index in [4.69, 9.17) is 27.9 Å². The van der Waals surface area contributed by atoms with Gasteiger partial charge in [0.2, 0.25) is 17.6 Å². The van der Waals surface area contributed by atoms with E-state index in [-0.39, 0.29) is 10.6 Å². The molecule has 1 aromatic heterocycles. The van der Waals surface area contributed by atoms with Crippen molar-refractivity contribution in [2.75, 3.05) is 6.54 Å². The van der Waals surface area contributed by atoms with Crippen molar-refractivity contribution in [1.82, 2.24) is 20.9 Å². The lowest BCUT2D eigenvalue weighted by molar-refractivity contribution is -0.165. The summed E-state index contributed by atoms with van der Waals surface area (Å²) in [4.78, 5) is 55.6. The minimum Gasteiger partial charge on any atom is -0.485 e. The van der Waals surface area contributed by atoms with Gasteiger partial charge in [-0.05, 0) is 35.7 Å². The SMILES string of the molecule is CC(C)C(NC(=O)C(NC(=O)CC(Oc1cccc(Cl)c1)c1cncc(Cl)c1)c1ccccc1)C(=O)C(F)(F)C(=O)NCC(F)(F)F.